The Bertz CT molecular complexity index is 727. The fourth-order valence-corrected chi connectivity index (χ4v) is 5.38. The van der Waals surface area contributed by atoms with Crippen molar-refractivity contribution in [3.05, 3.63) is 47.3 Å². The SMILES string of the molecule is Cc1cc(C)n(-c2ccccc2CN2CCN(C3CCSCC3)CC2)n1. The Hall–Kier alpha value is -1.30. The first-order chi connectivity index (χ1) is 12.7. The Morgan fingerprint density at radius 3 is 2.46 bits per heavy atom. The summed E-state index contributed by atoms with van der Waals surface area (Å²) < 4.78 is 2.10. The van der Waals surface area contributed by atoms with Crippen LogP contribution in [-0.2, 0) is 6.54 Å². The van der Waals surface area contributed by atoms with E-state index < -0.39 is 0 Å². The van der Waals surface area contributed by atoms with E-state index in [4.69, 9.17) is 5.10 Å². The average molecular weight is 371 g/mol. The first-order valence-electron chi connectivity index (χ1n) is 9.86. The third kappa shape index (κ3) is 4.00. The van der Waals surface area contributed by atoms with Crippen molar-refractivity contribution in [1.29, 1.82) is 0 Å². The number of nitrogens with zero attached hydrogens (tertiary/aromatic N) is 4. The standard InChI is InChI=1S/C21H30N4S/c1-17-15-18(2)25(22-17)21-6-4-3-5-19(21)16-23-9-11-24(12-10-23)20-7-13-26-14-8-20/h3-6,15,20H,7-14,16H2,1-2H3. The summed E-state index contributed by atoms with van der Waals surface area (Å²) in [4.78, 5) is 5.35. The summed E-state index contributed by atoms with van der Waals surface area (Å²) in [5, 5.41) is 4.70. The highest BCUT2D eigenvalue weighted by molar-refractivity contribution is 7.99. The van der Waals surface area contributed by atoms with Gasteiger partial charge >= 0.3 is 0 Å². The first kappa shape index (κ1) is 18.1. The smallest absolute Gasteiger partial charge is 0.0693 e. The molecule has 0 saturated carbocycles. The summed E-state index contributed by atoms with van der Waals surface area (Å²) in [6.45, 7) is 10.0. The Kier molecular flexibility index (Phi) is 5.67. The van der Waals surface area contributed by atoms with Crippen molar-refractivity contribution in [3.8, 4) is 5.69 Å². The quantitative estimate of drug-likeness (QED) is 0.822. The van der Waals surface area contributed by atoms with Crippen molar-refractivity contribution in [2.45, 2.75) is 39.3 Å². The minimum absolute atomic E-state index is 0.834. The van der Waals surface area contributed by atoms with Gasteiger partial charge in [-0.1, -0.05) is 18.2 Å². The second-order valence-corrected chi connectivity index (χ2v) is 8.85. The zero-order chi connectivity index (χ0) is 17.9. The molecule has 1 aromatic carbocycles. The van der Waals surface area contributed by atoms with E-state index in [9.17, 15) is 0 Å². The summed E-state index contributed by atoms with van der Waals surface area (Å²) >= 11 is 2.12. The summed E-state index contributed by atoms with van der Waals surface area (Å²) in [7, 11) is 0. The van der Waals surface area contributed by atoms with Crippen molar-refractivity contribution >= 4 is 11.8 Å². The minimum atomic E-state index is 0.834. The number of hydrogen-bond donors (Lipinski definition) is 0. The molecule has 2 fully saturated rings. The molecule has 0 N–H and O–H groups in total. The zero-order valence-electron chi connectivity index (χ0n) is 16.0. The largest absolute Gasteiger partial charge is 0.298 e. The number of hydrogen-bond acceptors (Lipinski definition) is 4. The molecule has 0 aliphatic carbocycles. The molecule has 0 spiro atoms. The van der Waals surface area contributed by atoms with Crippen LogP contribution in [0.25, 0.3) is 5.69 Å². The molecule has 2 saturated heterocycles. The van der Waals surface area contributed by atoms with E-state index in [-0.39, 0.29) is 0 Å². The monoisotopic (exact) mass is 370 g/mol. The molecule has 2 aliphatic heterocycles. The maximum absolute atomic E-state index is 4.70. The Morgan fingerprint density at radius 2 is 1.77 bits per heavy atom. The maximum atomic E-state index is 4.70. The van der Waals surface area contributed by atoms with Gasteiger partial charge in [-0.05, 0) is 55.9 Å². The van der Waals surface area contributed by atoms with Crippen LogP contribution in [0.2, 0.25) is 0 Å². The van der Waals surface area contributed by atoms with Crippen molar-refractivity contribution < 1.29 is 0 Å². The molecule has 2 aromatic rings. The number of aromatic nitrogens is 2. The molecule has 26 heavy (non-hydrogen) atoms. The lowest BCUT2D eigenvalue weighted by Crippen LogP contribution is -2.50. The molecule has 0 unspecified atom stereocenters. The third-order valence-corrected chi connectivity index (χ3v) is 6.79. The van der Waals surface area contributed by atoms with Gasteiger partial charge in [0.15, 0.2) is 0 Å². The predicted octanol–water partition coefficient (Wildman–Crippen LogP) is 3.50. The van der Waals surface area contributed by atoms with Gasteiger partial charge in [0.25, 0.3) is 0 Å². The molecule has 4 rings (SSSR count). The van der Waals surface area contributed by atoms with Gasteiger partial charge in [0.05, 0.1) is 11.4 Å². The minimum Gasteiger partial charge on any atom is -0.298 e. The molecule has 140 valence electrons. The lowest BCUT2D eigenvalue weighted by Gasteiger charge is -2.40. The van der Waals surface area contributed by atoms with Gasteiger partial charge in [0, 0.05) is 44.5 Å². The molecule has 2 aliphatic rings. The van der Waals surface area contributed by atoms with Crippen LogP contribution in [0.15, 0.2) is 30.3 Å². The van der Waals surface area contributed by atoms with E-state index in [1.807, 2.05) is 0 Å². The fraction of sp³-hybridized carbons (Fsp3) is 0.571. The van der Waals surface area contributed by atoms with Gasteiger partial charge in [-0.25, -0.2) is 4.68 Å². The highest BCUT2D eigenvalue weighted by Crippen LogP contribution is 2.24. The van der Waals surface area contributed by atoms with E-state index in [1.165, 1.54) is 67.5 Å². The Morgan fingerprint density at radius 1 is 1.04 bits per heavy atom. The van der Waals surface area contributed by atoms with Gasteiger partial charge < -0.3 is 0 Å². The van der Waals surface area contributed by atoms with Crippen molar-refractivity contribution in [2.24, 2.45) is 0 Å². The second-order valence-electron chi connectivity index (χ2n) is 7.62. The first-order valence-corrected chi connectivity index (χ1v) is 11.0. The maximum Gasteiger partial charge on any atom is 0.0693 e. The predicted molar refractivity (Wildman–Crippen MR) is 110 cm³/mol. The second kappa shape index (κ2) is 8.15. The van der Waals surface area contributed by atoms with Crippen LogP contribution in [0.3, 0.4) is 0 Å². The van der Waals surface area contributed by atoms with Crippen LogP contribution in [0, 0.1) is 13.8 Å². The van der Waals surface area contributed by atoms with E-state index >= 15 is 0 Å². The zero-order valence-corrected chi connectivity index (χ0v) is 16.8. The molecule has 3 heterocycles. The van der Waals surface area contributed by atoms with Gasteiger partial charge in [-0.15, -0.1) is 0 Å². The summed E-state index contributed by atoms with van der Waals surface area (Å²) in [6, 6.07) is 11.7. The Balaban J connectivity index is 1.42. The van der Waals surface area contributed by atoms with E-state index in [1.54, 1.807) is 0 Å². The molecular formula is C21H30N4S. The third-order valence-electron chi connectivity index (χ3n) is 5.74. The highest BCUT2D eigenvalue weighted by atomic mass is 32.2. The normalized spacial score (nSPS) is 20.5. The van der Waals surface area contributed by atoms with Gasteiger partial charge in [0.1, 0.15) is 0 Å². The molecule has 0 radical (unpaired) electrons. The topological polar surface area (TPSA) is 24.3 Å². The van der Waals surface area contributed by atoms with Crippen molar-refractivity contribution in [2.75, 3.05) is 37.7 Å². The fourth-order valence-electron chi connectivity index (χ4n) is 4.30. The summed E-state index contributed by atoms with van der Waals surface area (Å²) in [6.07, 6.45) is 2.76. The molecule has 4 nitrogen and oxygen atoms in total. The molecule has 5 heteroatoms. The molecule has 0 amide bonds. The molecule has 0 atom stereocenters. The van der Waals surface area contributed by atoms with E-state index in [0.29, 0.717) is 0 Å². The highest BCUT2D eigenvalue weighted by Gasteiger charge is 2.25. The van der Waals surface area contributed by atoms with Crippen LogP contribution in [0.5, 0.6) is 0 Å². The van der Waals surface area contributed by atoms with Crippen molar-refractivity contribution in [1.82, 2.24) is 19.6 Å². The Labute approximate surface area is 161 Å². The number of para-hydroxylation sites is 1. The summed E-state index contributed by atoms with van der Waals surface area (Å²) in [5.41, 5.74) is 4.89. The van der Waals surface area contributed by atoms with Crippen LogP contribution < -0.4 is 0 Å². The lowest BCUT2D eigenvalue weighted by molar-refractivity contribution is 0.0879. The number of aryl methyl sites for hydroxylation is 2. The van der Waals surface area contributed by atoms with Gasteiger partial charge in [0.2, 0.25) is 0 Å². The van der Waals surface area contributed by atoms with Gasteiger partial charge in [-0.3, -0.25) is 9.80 Å². The van der Waals surface area contributed by atoms with Crippen LogP contribution in [0.4, 0.5) is 0 Å². The number of rotatable bonds is 4. The van der Waals surface area contributed by atoms with E-state index in [0.717, 1.165) is 18.3 Å². The molecule has 1 aromatic heterocycles. The van der Waals surface area contributed by atoms with Crippen LogP contribution >= 0.6 is 11.8 Å². The summed E-state index contributed by atoms with van der Waals surface area (Å²) in [5.74, 6) is 2.70. The number of benzene rings is 1. The molecule has 0 bridgehead atoms. The van der Waals surface area contributed by atoms with Crippen LogP contribution in [-0.4, -0.2) is 63.3 Å². The van der Waals surface area contributed by atoms with E-state index in [2.05, 4.69) is 70.4 Å². The lowest BCUT2D eigenvalue weighted by atomic mass is 10.1. The van der Waals surface area contributed by atoms with Gasteiger partial charge in [-0.2, -0.15) is 16.9 Å². The number of piperazine rings is 1. The average Bonchev–Trinajstić information content (AvgIpc) is 3.01. The molecular weight excluding hydrogens is 340 g/mol. The van der Waals surface area contributed by atoms with Crippen LogP contribution in [0.1, 0.15) is 29.8 Å². The van der Waals surface area contributed by atoms with Crippen molar-refractivity contribution in [3.63, 3.8) is 0 Å². The number of thioether (sulfide) groups is 1.